The number of H-pyrrole nitrogens is 1. The van der Waals surface area contributed by atoms with Crippen molar-refractivity contribution in [1.82, 2.24) is 10.2 Å². The Kier molecular flexibility index (Phi) is 4.64. The van der Waals surface area contributed by atoms with E-state index in [2.05, 4.69) is 34.5 Å². The van der Waals surface area contributed by atoms with Crippen LogP contribution >= 0.6 is 11.8 Å². The molecule has 1 aliphatic rings. The monoisotopic (exact) mass is 288 g/mol. The molecule has 1 N–H and O–H groups in total. The first-order valence-electron chi connectivity index (χ1n) is 7.28. The van der Waals surface area contributed by atoms with E-state index in [1.165, 1.54) is 31.2 Å². The van der Waals surface area contributed by atoms with E-state index >= 15 is 0 Å². The maximum atomic E-state index is 6.05. The molecule has 0 saturated heterocycles. The third-order valence-electron chi connectivity index (χ3n) is 3.63. The van der Waals surface area contributed by atoms with Crippen LogP contribution in [0, 0.1) is 0 Å². The molecule has 1 aliphatic carbocycles. The predicted octanol–water partition coefficient (Wildman–Crippen LogP) is 4.07. The molecular weight excluding hydrogens is 268 g/mol. The minimum Gasteiger partial charge on any atom is -0.490 e. The highest BCUT2D eigenvalue weighted by atomic mass is 32.2. The number of rotatable bonds is 6. The summed E-state index contributed by atoms with van der Waals surface area (Å²) in [6, 6.07) is 10.5. The van der Waals surface area contributed by atoms with Gasteiger partial charge in [0.1, 0.15) is 5.75 Å². The van der Waals surface area contributed by atoms with Crippen LogP contribution in [0.3, 0.4) is 0 Å². The van der Waals surface area contributed by atoms with Crippen molar-refractivity contribution in [2.45, 2.75) is 43.2 Å². The van der Waals surface area contributed by atoms with Crippen LogP contribution in [0.4, 0.5) is 0 Å². The molecule has 3 rings (SSSR count). The Labute approximate surface area is 124 Å². The summed E-state index contributed by atoms with van der Waals surface area (Å²) in [5, 5.41) is 8.05. The fourth-order valence-corrected chi connectivity index (χ4v) is 3.41. The largest absolute Gasteiger partial charge is 0.490 e. The van der Waals surface area contributed by atoms with Crippen LogP contribution in [-0.2, 0) is 6.42 Å². The lowest BCUT2D eigenvalue weighted by Crippen LogP contribution is -2.10. The van der Waals surface area contributed by atoms with Crippen LogP contribution in [-0.4, -0.2) is 22.1 Å². The second-order valence-corrected chi connectivity index (χ2v) is 6.33. The van der Waals surface area contributed by atoms with Crippen LogP contribution < -0.4 is 4.74 Å². The summed E-state index contributed by atoms with van der Waals surface area (Å²) in [4.78, 5) is 0. The second kappa shape index (κ2) is 6.84. The summed E-state index contributed by atoms with van der Waals surface area (Å²) >= 11 is 1.80. The number of nitrogens with one attached hydrogen (secondary N) is 1. The third kappa shape index (κ3) is 3.79. The predicted molar refractivity (Wildman–Crippen MR) is 82.3 cm³/mol. The van der Waals surface area contributed by atoms with Crippen LogP contribution in [0.5, 0.6) is 5.75 Å². The van der Waals surface area contributed by atoms with E-state index < -0.39 is 0 Å². The molecule has 1 fully saturated rings. The summed E-state index contributed by atoms with van der Waals surface area (Å²) in [6.45, 7) is 0. The lowest BCUT2D eigenvalue weighted by atomic mass is 10.1. The number of benzene rings is 1. The van der Waals surface area contributed by atoms with Crippen molar-refractivity contribution in [3.8, 4) is 5.75 Å². The van der Waals surface area contributed by atoms with Gasteiger partial charge in [-0.2, -0.15) is 5.10 Å². The van der Waals surface area contributed by atoms with E-state index in [4.69, 9.17) is 4.74 Å². The summed E-state index contributed by atoms with van der Waals surface area (Å²) in [5.74, 6) is 2.08. The van der Waals surface area contributed by atoms with Gasteiger partial charge in [0, 0.05) is 11.9 Å². The molecule has 1 saturated carbocycles. The minimum atomic E-state index is 0.435. The van der Waals surface area contributed by atoms with Crippen LogP contribution in [0.15, 0.2) is 41.6 Å². The lowest BCUT2D eigenvalue weighted by Gasteiger charge is -2.13. The van der Waals surface area contributed by atoms with E-state index in [1.54, 1.807) is 18.0 Å². The zero-order valence-electron chi connectivity index (χ0n) is 11.5. The molecule has 0 bridgehead atoms. The van der Waals surface area contributed by atoms with Crippen LogP contribution in [0.2, 0.25) is 0 Å². The smallest absolute Gasteiger partial charge is 0.119 e. The van der Waals surface area contributed by atoms with Crippen LogP contribution in [0.25, 0.3) is 0 Å². The van der Waals surface area contributed by atoms with E-state index in [1.807, 2.05) is 6.07 Å². The van der Waals surface area contributed by atoms with E-state index in [-0.39, 0.29) is 0 Å². The van der Waals surface area contributed by atoms with Crippen molar-refractivity contribution >= 4 is 11.8 Å². The first-order chi connectivity index (χ1) is 9.90. The Morgan fingerprint density at radius 3 is 2.95 bits per heavy atom. The Morgan fingerprint density at radius 2 is 2.15 bits per heavy atom. The maximum Gasteiger partial charge on any atom is 0.119 e. The first-order valence-corrected chi connectivity index (χ1v) is 8.26. The van der Waals surface area contributed by atoms with Gasteiger partial charge in [-0.3, -0.25) is 5.10 Å². The highest BCUT2D eigenvalue weighted by molar-refractivity contribution is 7.99. The Morgan fingerprint density at radius 1 is 1.25 bits per heavy atom. The molecule has 0 atom stereocenters. The van der Waals surface area contributed by atoms with Gasteiger partial charge in [-0.05, 0) is 55.9 Å². The summed E-state index contributed by atoms with van der Waals surface area (Å²) < 4.78 is 6.05. The molecule has 20 heavy (non-hydrogen) atoms. The van der Waals surface area contributed by atoms with Gasteiger partial charge in [0.25, 0.3) is 0 Å². The number of aromatic amines is 1. The van der Waals surface area contributed by atoms with Gasteiger partial charge in [0.15, 0.2) is 0 Å². The van der Waals surface area contributed by atoms with Crippen molar-refractivity contribution in [1.29, 1.82) is 0 Å². The molecule has 2 aromatic rings. The molecular formula is C16H20N2OS. The van der Waals surface area contributed by atoms with Gasteiger partial charge >= 0.3 is 0 Å². The summed E-state index contributed by atoms with van der Waals surface area (Å²) in [6.07, 6.45) is 8.31. The number of thioether (sulfide) groups is 1. The van der Waals surface area contributed by atoms with E-state index in [0.29, 0.717) is 6.10 Å². The Hall–Kier alpha value is -1.42. The van der Waals surface area contributed by atoms with E-state index in [0.717, 1.165) is 22.9 Å². The van der Waals surface area contributed by atoms with Crippen molar-refractivity contribution in [2.24, 2.45) is 0 Å². The van der Waals surface area contributed by atoms with Crippen LogP contribution in [0.1, 0.15) is 31.2 Å². The van der Waals surface area contributed by atoms with Gasteiger partial charge in [-0.25, -0.2) is 0 Å². The molecule has 1 aromatic heterocycles. The summed E-state index contributed by atoms with van der Waals surface area (Å²) in [7, 11) is 0. The Bertz CT molecular complexity index is 521. The molecule has 1 heterocycles. The zero-order chi connectivity index (χ0) is 13.6. The van der Waals surface area contributed by atoms with Crippen molar-refractivity contribution in [3.05, 3.63) is 42.1 Å². The van der Waals surface area contributed by atoms with Crippen molar-refractivity contribution in [2.75, 3.05) is 5.75 Å². The average molecular weight is 288 g/mol. The number of aromatic nitrogens is 2. The number of hydrogen-bond donors (Lipinski definition) is 1. The highest BCUT2D eigenvalue weighted by Gasteiger charge is 2.16. The highest BCUT2D eigenvalue weighted by Crippen LogP contribution is 2.25. The van der Waals surface area contributed by atoms with Crippen molar-refractivity contribution < 1.29 is 4.74 Å². The summed E-state index contributed by atoms with van der Waals surface area (Å²) in [5.41, 5.74) is 1.34. The molecule has 4 heteroatoms. The third-order valence-corrected chi connectivity index (χ3v) is 4.57. The second-order valence-electron chi connectivity index (χ2n) is 5.19. The lowest BCUT2D eigenvalue weighted by molar-refractivity contribution is 0.210. The van der Waals surface area contributed by atoms with Gasteiger partial charge in [0.05, 0.1) is 11.1 Å². The number of aryl methyl sites for hydroxylation is 1. The topological polar surface area (TPSA) is 37.9 Å². The quantitative estimate of drug-likeness (QED) is 0.814. The Balaban J connectivity index is 1.51. The zero-order valence-corrected chi connectivity index (χ0v) is 12.4. The van der Waals surface area contributed by atoms with Crippen molar-refractivity contribution in [3.63, 3.8) is 0 Å². The number of ether oxygens (including phenoxy) is 1. The molecule has 0 unspecified atom stereocenters. The normalized spacial score (nSPS) is 15.6. The number of hydrogen-bond acceptors (Lipinski definition) is 3. The van der Waals surface area contributed by atoms with Gasteiger partial charge in [-0.1, -0.05) is 12.1 Å². The molecule has 106 valence electrons. The average Bonchev–Trinajstić information content (AvgIpc) is 3.13. The minimum absolute atomic E-state index is 0.435. The van der Waals surface area contributed by atoms with Gasteiger partial charge in [-0.15, -0.1) is 11.8 Å². The molecule has 1 aromatic carbocycles. The van der Waals surface area contributed by atoms with Gasteiger partial charge < -0.3 is 4.74 Å². The first kappa shape index (κ1) is 13.6. The SMILES string of the molecule is c1cc(CCSc2ccn[nH]2)cc(OC2CCCC2)c1. The fourth-order valence-electron chi connectivity index (χ4n) is 2.58. The molecule has 0 radical (unpaired) electrons. The molecule has 3 nitrogen and oxygen atoms in total. The van der Waals surface area contributed by atoms with E-state index in [9.17, 15) is 0 Å². The number of nitrogens with zero attached hydrogens (tertiary/aromatic N) is 1. The fraction of sp³-hybridized carbons (Fsp3) is 0.438. The molecule has 0 spiro atoms. The maximum absolute atomic E-state index is 6.05. The van der Waals surface area contributed by atoms with Gasteiger partial charge in [0.2, 0.25) is 0 Å². The standard InChI is InChI=1S/C16H20N2OS/c1-2-6-14(5-1)19-15-7-3-4-13(12-15)9-11-20-16-8-10-17-18-16/h3-4,7-8,10,12,14H,1-2,5-6,9,11H2,(H,17,18). The molecule has 0 amide bonds. The molecule has 0 aliphatic heterocycles.